The summed E-state index contributed by atoms with van der Waals surface area (Å²) in [6.07, 6.45) is 6.00. The lowest BCUT2D eigenvalue weighted by Crippen LogP contribution is -2.34. The van der Waals surface area contributed by atoms with Crippen LogP contribution >= 0.6 is 0 Å². The highest BCUT2D eigenvalue weighted by Gasteiger charge is 2.27. The second-order valence-electron chi connectivity index (χ2n) is 8.27. The topological polar surface area (TPSA) is 79.1 Å². The first-order valence-electron chi connectivity index (χ1n) is 10.6. The number of nitrogens with zero attached hydrogens (tertiary/aromatic N) is 3. The number of benzene rings is 1. The van der Waals surface area contributed by atoms with Gasteiger partial charge in [0, 0.05) is 42.3 Å². The molecule has 2 fully saturated rings. The van der Waals surface area contributed by atoms with E-state index in [1.165, 1.54) is 25.8 Å². The lowest BCUT2D eigenvalue weighted by Gasteiger charge is -2.20. The molecule has 1 atom stereocenters. The Balaban J connectivity index is 1.49. The monoisotopic (exact) mass is 380 g/mol. The fourth-order valence-corrected chi connectivity index (χ4v) is 3.72. The Hall–Kier alpha value is -2.34. The maximum absolute atomic E-state index is 6.05. The van der Waals surface area contributed by atoms with Gasteiger partial charge in [0.15, 0.2) is 0 Å². The Labute approximate surface area is 167 Å². The van der Waals surface area contributed by atoms with Crippen LogP contribution in [-0.4, -0.2) is 35.6 Å². The summed E-state index contributed by atoms with van der Waals surface area (Å²) in [5.74, 6) is 2.59. The van der Waals surface area contributed by atoms with E-state index >= 15 is 0 Å². The van der Waals surface area contributed by atoms with Gasteiger partial charge >= 0.3 is 0 Å². The van der Waals surface area contributed by atoms with Crippen LogP contribution < -0.4 is 21.3 Å². The smallest absolute Gasteiger partial charge is 0.229 e. The summed E-state index contributed by atoms with van der Waals surface area (Å²) in [4.78, 5) is 11.9. The first-order valence-corrected chi connectivity index (χ1v) is 10.6. The Morgan fingerprint density at radius 1 is 1.18 bits per heavy atom. The number of nitrogen functional groups attached to an aromatic ring is 1. The van der Waals surface area contributed by atoms with Crippen LogP contribution in [0.5, 0.6) is 0 Å². The molecule has 0 radical (unpaired) electrons. The van der Waals surface area contributed by atoms with Crippen molar-refractivity contribution in [2.24, 2.45) is 5.92 Å². The van der Waals surface area contributed by atoms with Crippen molar-refractivity contribution in [1.82, 2.24) is 15.3 Å². The predicted molar refractivity (Wildman–Crippen MR) is 116 cm³/mol. The van der Waals surface area contributed by atoms with E-state index < -0.39 is 0 Å². The standard InChI is InChI=1S/C22H32N6/c1-3-4-17-12-21(28-10-9-19(14-28)24-13-16-6-7-16)27-22(25-17)26-18-8-5-15(2)20(23)11-18/h5,8,11-12,16,19,24H,3-4,6-7,9-10,13-14,23H2,1-2H3,(H,25,26,27). The molecule has 1 saturated carbocycles. The lowest BCUT2D eigenvalue weighted by atomic mass is 10.2. The second-order valence-corrected chi connectivity index (χ2v) is 8.27. The van der Waals surface area contributed by atoms with Crippen molar-refractivity contribution in [3.8, 4) is 0 Å². The number of aromatic nitrogens is 2. The molecule has 1 unspecified atom stereocenters. The molecule has 2 aromatic rings. The minimum atomic E-state index is 0.568. The molecule has 4 rings (SSSR count). The molecule has 150 valence electrons. The third kappa shape index (κ3) is 4.73. The van der Waals surface area contributed by atoms with Gasteiger partial charge in [-0.1, -0.05) is 19.4 Å². The zero-order valence-electron chi connectivity index (χ0n) is 17.0. The molecule has 1 aromatic heterocycles. The summed E-state index contributed by atoms with van der Waals surface area (Å²) in [7, 11) is 0. The predicted octanol–water partition coefficient (Wildman–Crippen LogP) is 3.64. The van der Waals surface area contributed by atoms with Crippen LogP contribution in [0.1, 0.15) is 43.9 Å². The Bertz CT molecular complexity index is 817. The third-order valence-electron chi connectivity index (χ3n) is 5.71. The normalized spacial score (nSPS) is 19.2. The fourth-order valence-electron chi connectivity index (χ4n) is 3.72. The van der Waals surface area contributed by atoms with Crippen LogP contribution in [0.2, 0.25) is 0 Å². The molecule has 1 aliphatic carbocycles. The highest BCUT2D eigenvalue weighted by atomic mass is 15.3. The van der Waals surface area contributed by atoms with Crippen LogP contribution in [0.25, 0.3) is 0 Å². The van der Waals surface area contributed by atoms with Crippen LogP contribution in [0.4, 0.5) is 23.1 Å². The molecule has 28 heavy (non-hydrogen) atoms. The number of nitrogens with two attached hydrogens (primary N) is 1. The van der Waals surface area contributed by atoms with E-state index in [1.54, 1.807) is 0 Å². The van der Waals surface area contributed by atoms with Crippen molar-refractivity contribution in [1.29, 1.82) is 0 Å². The van der Waals surface area contributed by atoms with Gasteiger partial charge in [0.25, 0.3) is 0 Å². The molecule has 4 N–H and O–H groups in total. The van der Waals surface area contributed by atoms with Crippen molar-refractivity contribution in [3.63, 3.8) is 0 Å². The number of hydrogen-bond acceptors (Lipinski definition) is 6. The van der Waals surface area contributed by atoms with E-state index in [-0.39, 0.29) is 0 Å². The zero-order chi connectivity index (χ0) is 19.5. The zero-order valence-corrected chi connectivity index (χ0v) is 17.0. The summed E-state index contributed by atoms with van der Waals surface area (Å²) in [5.41, 5.74) is 9.92. The molecular weight excluding hydrogens is 348 g/mol. The SMILES string of the molecule is CCCc1cc(N2CCC(NCC3CC3)C2)nc(Nc2ccc(C)c(N)c2)n1. The highest BCUT2D eigenvalue weighted by Crippen LogP contribution is 2.29. The van der Waals surface area contributed by atoms with Crippen LogP contribution in [0.15, 0.2) is 24.3 Å². The Kier molecular flexibility index (Phi) is 5.67. The van der Waals surface area contributed by atoms with Crippen molar-refractivity contribution in [2.45, 2.75) is 52.0 Å². The van der Waals surface area contributed by atoms with Gasteiger partial charge in [-0.3, -0.25) is 0 Å². The van der Waals surface area contributed by atoms with Crippen molar-refractivity contribution >= 4 is 23.1 Å². The van der Waals surface area contributed by atoms with Crippen molar-refractivity contribution in [2.75, 3.05) is 35.6 Å². The van der Waals surface area contributed by atoms with E-state index in [0.717, 1.165) is 60.3 Å². The third-order valence-corrected chi connectivity index (χ3v) is 5.71. The summed E-state index contributed by atoms with van der Waals surface area (Å²) in [6.45, 7) is 7.43. The quantitative estimate of drug-likeness (QED) is 0.607. The molecule has 0 bridgehead atoms. The number of rotatable bonds is 8. The molecule has 0 spiro atoms. The van der Waals surface area contributed by atoms with Crippen molar-refractivity contribution < 1.29 is 0 Å². The van der Waals surface area contributed by atoms with Crippen LogP contribution in [0, 0.1) is 12.8 Å². The number of aryl methyl sites for hydroxylation is 2. The van der Waals surface area contributed by atoms with E-state index in [0.29, 0.717) is 12.0 Å². The first kappa shape index (κ1) is 19.0. The minimum Gasteiger partial charge on any atom is -0.398 e. The van der Waals surface area contributed by atoms with Gasteiger partial charge in [-0.05, 0) is 62.8 Å². The number of nitrogens with one attached hydrogen (secondary N) is 2. The van der Waals surface area contributed by atoms with E-state index in [4.69, 9.17) is 15.7 Å². The minimum absolute atomic E-state index is 0.568. The molecular formula is C22H32N6. The molecule has 1 aromatic carbocycles. The molecule has 6 heteroatoms. The van der Waals surface area contributed by atoms with Gasteiger partial charge in [-0.15, -0.1) is 0 Å². The Morgan fingerprint density at radius 2 is 2.04 bits per heavy atom. The van der Waals surface area contributed by atoms with Gasteiger partial charge in [0.2, 0.25) is 5.95 Å². The van der Waals surface area contributed by atoms with E-state index in [1.807, 2.05) is 25.1 Å². The average Bonchev–Trinajstić information content (AvgIpc) is 3.39. The maximum atomic E-state index is 6.05. The largest absolute Gasteiger partial charge is 0.398 e. The van der Waals surface area contributed by atoms with Gasteiger partial charge in [0.1, 0.15) is 5.82 Å². The molecule has 1 aliphatic heterocycles. The summed E-state index contributed by atoms with van der Waals surface area (Å²) in [6, 6.07) is 8.71. The van der Waals surface area contributed by atoms with Gasteiger partial charge in [-0.2, -0.15) is 4.98 Å². The molecule has 6 nitrogen and oxygen atoms in total. The average molecular weight is 381 g/mol. The second kappa shape index (κ2) is 8.35. The number of hydrogen-bond donors (Lipinski definition) is 3. The Morgan fingerprint density at radius 3 is 2.79 bits per heavy atom. The fraction of sp³-hybridized carbons (Fsp3) is 0.545. The molecule has 1 saturated heterocycles. The summed E-state index contributed by atoms with van der Waals surface area (Å²) >= 11 is 0. The first-order chi connectivity index (χ1) is 13.6. The molecule has 2 aliphatic rings. The highest BCUT2D eigenvalue weighted by molar-refractivity contribution is 5.63. The van der Waals surface area contributed by atoms with Gasteiger partial charge < -0.3 is 21.3 Å². The van der Waals surface area contributed by atoms with Gasteiger partial charge in [-0.25, -0.2) is 4.98 Å². The van der Waals surface area contributed by atoms with Crippen LogP contribution in [0.3, 0.4) is 0 Å². The summed E-state index contributed by atoms with van der Waals surface area (Å²) in [5, 5.41) is 7.08. The maximum Gasteiger partial charge on any atom is 0.229 e. The molecule has 0 amide bonds. The summed E-state index contributed by atoms with van der Waals surface area (Å²) < 4.78 is 0. The van der Waals surface area contributed by atoms with E-state index in [2.05, 4.69) is 28.5 Å². The number of anilines is 4. The van der Waals surface area contributed by atoms with Gasteiger partial charge in [0.05, 0.1) is 0 Å². The van der Waals surface area contributed by atoms with E-state index in [9.17, 15) is 0 Å². The van der Waals surface area contributed by atoms with Crippen LogP contribution in [-0.2, 0) is 6.42 Å². The molecule has 2 heterocycles. The lowest BCUT2D eigenvalue weighted by molar-refractivity contribution is 0.530. The van der Waals surface area contributed by atoms with Crippen molar-refractivity contribution in [3.05, 3.63) is 35.5 Å².